The summed E-state index contributed by atoms with van der Waals surface area (Å²) in [6.45, 7) is 5.67. The van der Waals surface area contributed by atoms with Crippen molar-refractivity contribution >= 4 is 28.7 Å². The fraction of sp³-hybridized carbons (Fsp3) is 0.615. The number of fused-ring (bicyclic) bond motifs is 1. The van der Waals surface area contributed by atoms with Gasteiger partial charge >= 0.3 is 0 Å². The Morgan fingerprint density at radius 1 is 1.45 bits per heavy atom. The van der Waals surface area contributed by atoms with Crippen molar-refractivity contribution in [3.05, 3.63) is 11.5 Å². The third-order valence-corrected chi connectivity index (χ3v) is 3.60. The van der Waals surface area contributed by atoms with Crippen LogP contribution in [-0.4, -0.2) is 25.2 Å². The number of imidazole rings is 1. The highest BCUT2D eigenvalue weighted by Gasteiger charge is 2.26. The number of alkyl halides is 1. The molecule has 0 aliphatic heterocycles. The Balaban J connectivity index is 2.75. The van der Waals surface area contributed by atoms with Gasteiger partial charge in [-0.25, -0.2) is 4.98 Å². The Bertz CT molecular complexity index is 643. The van der Waals surface area contributed by atoms with E-state index in [1.165, 1.54) is 0 Å². The van der Waals surface area contributed by atoms with Crippen molar-refractivity contribution < 1.29 is 4.79 Å². The predicted octanol–water partition coefficient (Wildman–Crippen LogP) is 2.07. The van der Waals surface area contributed by atoms with Gasteiger partial charge in [0.1, 0.15) is 17.4 Å². The van der Waals surface area contributed by atoms with Crippen molar-refractivity contribution in [3.63, 3.8) is 0 Å². The van der Waals surface area contributed by atoms with Crippen LogP contribution in [0.1, 0.15) is 50.1 Å². The maximum absolute atomic E-state index is 11.6. The van der Waals surface area contributed by atoms with Crippen LogP contribution in [0.25, 0.3) is 11.2 Å². The van der Waals surface area contributed by atoms with Crippen molar-refractivity contribution in [3.8, 4) is 0 Å². The van der Waals surface area contributed by atoms with Crippen LogP contribution < -0.4 is 5.73 Å². The van der Waals surface area contributed by atoms with E-state index in [9.17, 15) is 4.79 Å². The molecule has 2 N–H and O–H groups in total. The minimum Gasteiger partial charge on any atom is -0.368 e. The number of nitrogens with two attached hydrogens (primary N) is 1. The Kier molecular flexibility index (Phi) is 4.04. The minimum atomic E-state index is -0.513. The maximum atomic E-state index is 11.6. The lowest BCUT2D eigenvalue weighted by atomic mass is 10.2. The van der Waals surface area contributed by atoms with E-state index < -0.39 is 11.9 Å². The smallest absolute Gasteiger partial charge is 0.240 e. The third-order valence-electron chi connectivity index (χ3n) is 3.41. The molecule has 0 spiro atoms. The number of carbonyl (C=O) groups excluding carboxylic acids is 1. The first-order valence-electron chi connectivity index (χ1n) is 6.75. The first kappa shape index (κ1) is 14.8. The largest absolute Gasteiger partial charge is 0.368 e. The summed E-state index contributed by atoms with van der Waals surface area (Å²) in [6.07, 6.45) is 1.82. The summed E-state index contributed by atoms with van der Waals surface area (Å²) in [5.41, 5.74) is 7.98. The van der Waals surface area contributed by atoms with Crippen LogP contribution in [0.4, 0.5) is 0 Å². The van der Waals surface area contributed by atoms with E-state index in [1.54, 1.807) is 16.2 Å². The molecule has 2 heterocycles. The highest BCUT2D eigenvalue weighted by Crippen LogP contribution is 2.29. The number of halogens is 1. The molecule has 0 radical (unpaired) electrons. The molecule has 2 atom stereocenters. The van der Waals surface area contributed by atoms with Gasteiger partial charge in [0, 0.05) is 7.05 Å². The summed E-state index contributed by atoms with van der Waals surface area (Å²) in [4.78, 5) is 16.2. The number of amides is 1. The summed E-state index contributed by atoms with van der Waals surface area (Å²) >= 11 is 6.20. The van der Waals surface area contributed by atoms with Gasteiger partial charge in [0.25, 0.3) is 0 Å². The Labute approximate surface area is 122 Å². The maximum Gasteiger partial charge on any atom is 0.240 e. The summed E-state index contributed by atoms with van der Waals surface area (Å²) < 4.78 is 3.54. The van der Waals surface area contributed by atoms with Crippen molar-refractivity contribution in [1.82, 2.24) is 19.3 Å². The monoisotopic (exact) mass is 297 g/mol. The van der Waals surface area contributed by atoms with E-state index in [1.807, 2.05) is 14.0 Å². The van der Waals surface area contributed by atoms with Crippen LogP contribution in [0.2, 0.25) is 0 Å². The zero-order chi connectivity index (χ0) is 15.0. The highest BCUT2D eigenvalue weighted by atomic mass is 35.5. The second kappa shape index (κ2) is 5.44. The van der Waals surface area contributed by atoms with Crippen LogP contribution >= 0.6 is 11.6 Å². The molecule has 0 saturated heterocycles. The van der Waals surface area contributed by atoms with Crippen LogP contribution in [0.15, 0.2) is 0 Å². The van der Waals surface area contributed by atoms with Gasteiger partial charge in [0.05, 0.1) is 11.1 Å². The fourth-order valence-corrected chi connectivity index (χ4v) is 2.57. The number of nitrogens with zero attached hydrogens (tertiary/aromatic N) is 4. The van der Waals surface area contributed by atoms with Gasteiger partial charge in [-0.15, -0.1) is 11.6 Å². The molecule has 2 aromatic rings. The number of aryl methyl sites for hydroxylation is 2. The second-order valence-electron chi connectivity index (χ2n) is 5.03. The standard InChI is InChI=1S/C13H20ClN5O/c1-5-6-9-10-13(18(4)17-9)19(8(3)11(15)20)12(16-10)7(2)14/h7-8H,5-6H2,1-4H3,(H2,15,20). The highest BCUT2D eigenvalue weighted by molar-refractivity contribution is 6.20. The predicted molar refractivity (Wildman–Crippen MR) is 78.7 cm³/mol. The number of rotatable bonds is 5. The molecule has 6 nitrogen and oxygen atoms in total. The summed E-state index contributed by atoms with van der Waals surface area (Å²) in [5, 5.41) is 4.17. The molecular weight excluding hydrogens is 278 g/mol. The Morgan fingerprint density at radius 3 is 2.60 bits per heavy atom. The van der Waals surface area contributed by atoms with Crippen LogP contribution in [0, 0.1) is 0 Å². The van der Waals surface area contributed by atoms with Crippen LogP contribution in [0.5, 0.6) is 0 Å². The topological polar surface area (TPSA) is 78.7 Å². The van der Waals surface area contributed by atoms with Gasteiger partial charge in [-0.2, -0.15) is 5.10 Å². The molecule has 2 rings (SSSR count). The molecule has 0 fully saturated rings. The van der Waals surface area contributed by atoms with E-state index in [0.29, 0.717) is 5.82 Å². The molecule has 2 unspecified atom stereocenters. The average molecular weight is 298 g/mol. The Hall–Kier alpha value is -1.56. The molecule has 1 amide bonds. The molecule has 0 bridgehead atoms. The molecule has 20 heavy (non-hydrogen) atoms. The number of hydrogen-bond acceptors (Lipinski definition) is 3. The van der Waals surface area contributed by atoms with E-state index >= 15 is 0 Å². The van der Waals surface area contributed by atoms with Crippen LogP contribution in [0.3, 0.4) is 0 Å². The molecule has 2 aromatic heterocycles. The normalized spacial score (nSPS) is 14.7. The Morgan fingerprint density at radius 2 is 2.10 bits per heavy atom. The number of hydrogen-bond donors (Lipinski definition) is 1. The lowest BCUT2D eigenvalue weighted by molar-refractivity contribution is -0.120. The molecule has 7 heteroatoms. The zero-order valence-corrected chi connectivity index (χ0v) is 13.0. The van der Waals surface area contributed by atoms with Crippen LogP contribution in [-0.2, 0) is 18.3 Å². The quantitative estimate of drug-likeness (QED) is 0.858. The van der Waals surface area contributed by atoms with Gasteiger partial charge in [0.15, 0.2) is 5.65 Å². The van der Waals surface area contributed by atoms with Gasteiger partial charge in [-0.05, 0) is 20.3 Å². The molecule has 0 aliphatic carbocycles. The van der Waals surface area contributed by atoms with Gasteiger partial charge < -0.3 is 5.73 Å². The minimum absolute atomic E-state index is 0.307. The SMILES string of the molecule is CCCc1nn(C)c2c1nc(C(C)Cl)n2C(C)C(N)=O. The van der Waals surface area contributed by atoms with Crippen molar-refractivity contribution in [2.45, 2.75) is 45.0 Å². The van der Waals surface area contributed by atoms with Gasteiger partial charge in [-0.3, -0.25) is 14.0 Å². The second-order valence-corrected chi connectivity index (χ2v) is 5.68. The molecular formula is C13H20ClN5O. The zero-order valence-electron chi connectivity index (χ0n) is 12.2. The van der Waals surface area contributed by atoms with E-state index in [4.69, 9.17) is 17.3 Å². The van der Waals surface area contributed by atoms with Gasteiger partial charge in [0.2, 0.25) is 5.91 Å². The molecule has 110 valence electrons. The molecule has 0 saturated carbocycles. The number of primary amides is 1. The molecule has 0 aliphatic rings. The molecule has 0 aromatic carbocycles. The van der Waals surface area contributed by atoms with E-state index in [0.717, 1.165) is 29.7 Å². The van der Waals surface area contributed by atoms with Gasteiger partial charge in [-0.1, -0.05) is 13.3 Å². The summed E-state index contributed by atoms with van der Waals surface area (Å²) in [7, 11) is 1.84. The summed E-state index contributed by atoms with van der Waals surface area (Å²) in [6, 6.07) is -0.513. The van der Waals surface area contributed by atoms with E-state index in [2.05, 4.69) is 17.0 Å². The number of carbonyl (C=O) groups is 1. The van der Waals surface area contributed by atoms with Crippen molar-refractivity contribution in [2.75, 3.05) is 0 Å². The first-order valence-corrected chi connectivity index (χ1v) is 7.19. The third kappa shape index (κ3) is 2.28. The lowest BCUT2D eigenvalue weighted by Crippen LogP contribution is -2.26. The van der Waals surface area contributed by atoms with Crippen molar-refractivity contribution in [2.24, 2.45) is 12.8 Å². The fourth-order valence-electron chi connectivity index (χ4n) is 2.41. The first-order chi connectivity index (χ1) is 9.38. The summed E-state index contributed by atoms with van der Waals surface area (Å²) in [5.74, 6) is 0.236. The van der Waals surface area contributed by atoms with E-state index in [-0.39, 0.29) is 5.38 Å². The van der Waals surface area contributed by atoms with Crippen molar-refractivity contribution in [1.29, 1.82) is 0 Å². The lowest BCUT2D eigenvalue weighted by Gasteiger charge is -2.15. The number of aromatic nitrogens is 4. The average Bonchev–Trinajstić information content (AvgIpc) is 2.88.